The Kier molecular flexibility index (Phi) is 6.46. The number of nitriles is 1. The monoisotopic (exact) mass is 391 g/mol. The molecule has 1 fully saturated rings. The van der Waals surface area contributed by atoms with Gasteiger partial charge >= 0.3 is 6.18 Å². The third-order valence-electron chi connectivity index (χ3n) is 4.76. The number of benzene rings is 2. The van der Waals surface area contributed by atoms with Gasteiger partial charge in [0.1, 0.15) is 5.40 Å². The van der Waals surface area contributed by atoms with E-state index in [-0.39, 0.29) is 6.10 Å². The Bertz CT molecular complexity index is 798. The lowest BCUT2D eigenvalue weighted by Crippen LogP contribution is -2.24. The summed E-state index contributed by atoms with van der Waals surface area (Å²) in [5, 5.41) is 11.3. The molecule has 2 aromatic rings. The van der Waals surface area contributed by atoms with Crippen LogP contribution in [0.2, 0.25) is 0 Å². The predicted octanol–water partition coefficient (Wildman–Crippen LogP) is 6.41. The number of rotatable bonds is 5. The fourth-order valence-electron chi connectivity index (χ4n) is 3.32. The maximum Gasteiger partial charge on any atom is 0.416 e. The molecule has 142 valence electrons. The zero-order valence-corrected chi connectivity index (χ0v) is 15.5. The maximum absolute atomic E-state index is 12.9. The van der Waals surface area contributed by atoms with Crippen LogP contribution in [-0.4, -0.2) is 11.4 Å². The van der Waals surface area contributed by atoms with Crippen molar-refractivity contribution in [1.82, 2.24) is 0 Å². The van der Waals surface area contributed by atoms with Gasteiger partial charge in [-0.05, 0) is 66.3 Å². The molecular formula is C21H20F3NOS. The molecule has 1 aliphatic carbocycles. The second kappa shape index (κ2) is 8.81. The van der Waals surface area contributed by atoms with E-state index >= 15 is 0 Å². The van der Waals surface area contributed by atoms with Crippen molar-refractivity contribution in [3.05, 3.63) is 59.7 Å². The second-order valence-electron chi connectivity index (χ2n) is 6.71. The fraction of sp³-hybridized carbons (Fsp3) is 0.381. The van der Waals surface area contributed by atoms with Crippen molar-refractivity contribution >= 4 is 11.8 Å². The van der Waals surface area contributed by atoms with Crippen LogP contribution in [0.3, 0.4) is 0 Å². The van der Waals surface area contributed by atoms with Gasteiger partial charge in [0.25, 0.3) is 0 Å². The van der Waals surface area contributed by atoms with Crippen LogP contribution in [-0.2, 0) is 17.5 Å². The fourth-order valence-corrected chi connectivity index (χ4v) is 4.06. The van der Waals surface area contributed by atoms with Gasteiger partial charge in [0.2, 0.25) is 0 Å². The van der Waals surface area contributed by atoms with Crippen LogP contribution in [0.1, 0.15) is 36.8 Å². The van der Waals surface area contributed by atoms with Gasteiger partial charge in [-0.3, -0.25) is 0 Å². The summed E-state index contributed by atoms with van der Waals surface area (Å²) in [5.41, 5.74) is 1.63. The molecule has 27 heavy (non-hydrogen) atoms. The highest BCUT2D eigenvalue weighted by atomic mass is 32.2. The third kappa shape index (κ3) is 5.50. The minimum absolute atomic E-state index is 0.160. The van der Waals surface area contributed by atoms with Gasteiger partial charge in [-0.15, -0.1) is 0 Å². The molecule has 0 radical (unpaired) electrons. The summed E-state index contributed by atoms with van der Waals surface area (Å²) in [6.07, 6.45) is -0.160. The molecule has 0 aliphatic heterocycles. The van der Waals surface area contributed by atoms with Crippen LogP contribution in [0.4, 0.5) is 13.2 Å². The normalized spacial score (nSPS) is 20.2. The van der Waals surface area contributed by atoms with Crippen LogP contribution in [0.25, 0.3) is 11.1 Å². The zero-order chi connectivity index (χ0) is 19.3. The maximum atomic E-state index is 12.9. The van der Waals surface area contributed by atoms with E-state index in [1.807, 2.05) is 24.3 Å². The van der Waals surface area contributed by atoms with Crippen LogP contribution < -0.4 is 0 Å². The molecule has 1 aliphatic rings. The molecule has 0 spiro atoms. The molecule has 2 atom stereocenters. The minimum Gasteiger partial charge on any atom is -0.374 e. The molecule has 0 bridgehead atoms. The lowest BCUT2D eigenvalue weighted by atomic mass is 9.97. The molecule has 0 heterocycles. The van der Waals surface area contributed by atoms with Gasteiger partial charge in [-0.2, -0.15) is 18.4 Å². The lowest BCUT2D eigenvalue weighted by molar-refractivity contribution is -0.137. The van der Waals surface area contributed by atoms with Gasteiger partial charge < -0.3 is 4.74 Å². The first-order valence-electron chi connectivity index (χ1n) is 8.88. The third-order valence-corrected chi connectivity index (χ3v) is 5.63. The summed E-state index contributed by atoms with van der Waals surface area (Å²) in [7, 11) is 0. The quantitative estimate of drug-likeness (QED) is 0.552. The van der Waals surface area contributed by atoms with E-state index in [0.717, 1.165) is 42.9 Å². The largest absolute Gasteiger partial charge is 0.416 e. The smallest absolute Gasteiger partial charge is 0.374 e. The van der Waals surface area contributed by atoms with Crippen LogP contribution >= 0.6 is 11.8 Å². The van der Waals surface area contributed by atoms with E-state index in [9.17, 15) is 13.2 Å². The first-order chi connectivity index (χ1) is 13.0. The van der Waals surface area contributed by atoms with Gasteiger partial charge in [0.05, 0.1) is 18.3 Å². The number of thiocyanates is 1. The highest BCUT2D eigenvalue weighted by Gasteiger charge is 2.30. The summed E-state index contributed by atoms with van der Waals surface area (Å²) in [5.74, 6) is 0. The number of alkyl halides is 3. The molecule has 3 rings (SSSR count). The van der Waals surface area contributed by atoms with Gasteiger partial charge in [-0.1, -0.05) is 36.4 Å². The summed E-state index contributed by atoms with van der Waals surface area (Å²) in [6, 6.07) is 12.8. The highest BCUT2D eigenvalue weighted by molar-refractivity contribution is 8.04. The van der Waals surface area contributed by atoms with Crippen molar-refractivity contribution in [3.63, 3.8) is 0 Å². The van der Waals surface area contributed by atoms with Crippen LogP contribution in [0.15, 0.2) is 48.5 Å². The molecule has 0 N–H and O–H groups in total. The molecule has 0 saturated heterocycles. The number of nitrogens with zero attached hydrogens (tertiary/aromatic N) is 1. The van der Waals surface area contributed by atoms with E-state index in [1.165, 1.54) is 23.9 Å². The van der Waals surface area contributed by atoms with E-state index in [4.69, 9.17) is 10.00 Å². The van der Waals surface area contributed by atoms with E-state index in [2.05, 4.69) is 5.40 Å². The van der Waals surface area contributed by atoms with E-state index in [1.54, 1.807) is 6.07 Å². The molecule has 2 nitrogen and oxygen atoms in total. The van der Waals surface area contributed by atoms with Crippen molar-refractivity contribution in [1.29, 1.82) is 5.26 Å². The Morgan fingerprint density at radius 3 is 2.56 bits per heavy atom. The molecule has 1 saturated carbocycles. The molecule has 0 amide bonds. The first kappa shape index (κ1) is 19.8. The average Bonchev–Trinajstić information content (AvgIpc) is 2.67. The molecule has 2 unspecified atom stereocenters. The molecule has 0 aromatic heterocycles. The van der Waals surface area contributed by atoms with Gasteiger partial charge in [0, 0.05) is 5.25 Å². The second-order valence-corrected chi connectivity index (χ2v) is 7.79. The minimum atomic E-state index is -4.34. The summed E-state index contributed by atoms with van der Waals surface area (Å²) >= 11 is 1.33. The Labute approximate surface area is 161 Å². The number of ether oxygens (including phenoxy) is 1. The molecule has 2 aromatic carbocycles. The molecule has 6 heteroatoms. The average molecular weight is 391 g/mol. The van der Waals surface area contributed by atoms with Gasteiger partial charge in [-0.25, -0.2) is 0 Å². The Balaban J connectivity index is 1.60. The Morgan fingerprint density at radius 1 is 1.07 bits per heavy atom. The summed E-state index contributed by atoms with van der Waals surface area (Å²) < 4.78 is 44.6. The van der Waals surface area contributed by atoms with Crippen molar-refractivity contribution < 1.29 is 17.9 Å². The van der Waals surface area contributed by atoms with E-state index < -0.39 is 11.7 Å². The number of hydrogen-bond donors (Lipinski definition) is 0. The lowest BCUT2D eigenvalue weighted by Gasteiger charge is -2.27. The SMILES string of the molecule is N#CSC1CCCC(OCc2ccc(-c3cccc(C(F)(F)F)c3)cc2)C1. The molecular weight excluding hydrogens is 371 g/mol. The first-order valence-corrected chi connectivity index (χ1v) is 9.76. The topological polar surface area (TPSA) is 33.0 Å². The van der Waals surface area contributed by atoms with Crippen LogP contribution in [0.5, 0.6) is 0 Å². The van der Waals surface area contributed by atoms with Crippen molar-refractivity contribution in [2.75, 3.05) is 0 Å². The Hall–Kier alpha value is -1.97. The van der Waals surface area contributed by atoms with Crippen molar-refractivity contribution in [2.24, 2.45) is 0 Å². The van der Waals surface area contributed by atoms with Gasteiger partial charge in [0.15, 0.2) is 0 Å². The number of halogens is 3. The summed E-state index contributed by atoms with van der Waals surface area (Å²) in [4.78, 5) is 0. The zero-order valence-electron chi connectivity index (χ0n) is 14.7. The number of hydrogen-bond acceptors (Lipinski definition) is 3. The van der Waals surface area contributed by atoms with E-state index in [0.29, 0.717) is 17.4 Å². The Morgan fingerprint density at radius 2 is 1.85 bits per heavy atom. The van der Waals surface area contributed by atoms with Crippen LogP contribution in [0, 0.1) is 10.7 Å². The highest BCUT2D eigenvalue weighted by Crippen LogP contribution is 2.33. The number of thioether (sulfide) groups is 1. The standard InChI is InChI=1S/C21H20F3NOS/c22-21(23,24)18-4-1-3-17(11-18)16-9-7-15(8-10-16)13-26-19-5-2-6-20(12-19)27-14-25/h1,3-4,7-11,19-20H,2,5-6,12-13H2. The summed E-state index contributed by atoms with van der Waals surface area (Å²) in [6.45, 7) is 0.470. The van der Waals surface area contributed by atoms with Crippen molar-refractivity contribution in [3.8, 4) is 16.5 Å². The van der Waals surface area contributed by atoms with Crippen molar-refractivity contribution in [2.45, 2.75) is 49.8 Å². The predicted molar refractivity (Wildman–Crippen MR) is 101 cm³/mol.